The van der Waals surface area contributed by atoms with Crippen molar-refractivity contribution in [2.45, 2.75) is 6.54 Å². The predicted octanol–water partition coefficient (Wildman–Crippen LogP) is 2.23. The van der Waals surface area contributed by atoms with Crippen molar-refractivity contribution in [2.75, 3.05) is 26.2 Å². The summed E-state index contributed by atoms with van der Waals surface area (Å²) < 4.78 is 2.79. The normalized spacial score (nSPS) is 15.1. The molecule has 0 bridgehead atoms. The van der Waals surface area contributed by atoms with Crippen LogP contribution in [0.25, 0.3) is 16.0 Å². The van der Waals surface area contributed by atoms with Crippen molar-refractivity contribution < 1.29 is 4.79 Å². The smallest absolute Gasteiger partial charge is 0.255 e. The Kier molecular flexibility index (Phi) is 4.74. The van der Waals surface area contributed by atoms with E-state index in [-0.39, 0.29) is 5.91 Å². The average Bonchev–Trinajstić information content (AvgIpc) is 3.43. The fraction of sp³-hybridized carbons (Fsp3) is 0.250. The third-order valence-corrected chi connectivity index (χ3v) is 6.03. The quantitative estimate of drug-likeness (QED) is 0.518. The highest BCUT2D eigenvalue weighted by Crippen LogP contribution is 2.23. The van der Waals surface area contributed by atoms with Gasteiger partial charge in [0, 0.05) is 32.4 Å². The number of piperazine rings is 1. The third-order valence-electron chi connectivity index (χ3n) is 5.00. The molecule has 3 aromatic heterocycles. The molecular formula is C20H19N7OS. The molecule has 146 valence electrons. The maximum atomic E-state index is 12.8. The first-order chi connectivity index (χ1) is 14.3. The number of para-hydroxylation sites is 1. The van der Waals surface area contributed by atoms with Gasteiger partial charge in [0.25, 0.3) is 5.91 Å². The minimum atomic E-state index is 0.0160. The molecule has 0 atom stereocenters. The molecule has 8 nitrogen and oxygen atoms in total. The van der Waals surface area contributed by atoms with Gasteiger partial charge < -0.3 is 4.90 Å². The van der Waals surface area contributed by atoms with Gasteiger partial charge in [-0.15, -0.1) is 11.3 Å². The second kappa shape index (κ2) is 7.69. The number of pyridine rings is 1. The van der Waals surface area contributed by atoms with Crippen molar-refractivity contribution in [3.05, 3.63) is 65.8 Å². The fourth-order valence-corrected chi connectivity index (χ4v) is 4.45. The van der Waals surface area contributed by atoms with Gasteiger partial charge in [0.1, 0.15) is 17.7 Å². The van der Waals surface area contributed by atoms with Crippen molar-refractivity contribution in [3.63, 3.8) is 0 Å². The van der Waals surface area contributed by atoms with Gasteiger partial charge in [0.15, 0.2) is 5.82 Å². The summed E-state index contributed by atoms with van der Waals surface area (Å²) in [6.45, 7) is 3.91. The molecule has 29 heavy (non-hydrogen) atoms. The van der Waals surface area contributed by atoms with Crippen LogP contribution in [0.1, 0.15) is 15.4 Å². The first-order valence-corrected chi connectivity index (χ1v) is 10.2. The molecule has 1 aliphatic rings. The number of carbonyl (C=O) groups is 1. The predicted molar refractivity (Wildman–Crippen MR) is 110 cm³/mol. The van der Waals surface area contributed by atoms with Crippen LogP contribution in [0, 0.1) is 0 Å². The van der Waals surface area contributed by atoms with E-state index in [4.69, 9.17) is 4.98 Å². The molecule has 0 spiro atoms. The van der Waals surface area contributed by atoms with E-state index in [1.54, 1.807) is 40.7 Å². The lowest BCUT2D eigenvalue weighted by atomic mass is 10.2. The minimum absolute atomic E-state index is 0.0160. The molecule has 1 amide bonds. The zero-order valence-corrected chi connectivity index (χ0v) is 16.5. The van der Waals surface area contributed by atoms with Crippen LogP contribution in [-0.2, 0) is 6.54 Å². The Labute approximate surface area is 171 Å². The van der Waals surface area contributed by atoms with E-state index in [0.717, 1.165) is 30.2 Å². The fourth-order valence-electron chi connectivity index (χ4n) is 3.45. The van der Waals surface area contributed by atoms with Crippen LogP contribution in [0.2, 0.25) is 0 Å². The van der Waals surface area contributed by atoms with Gasteiger partial charge in [-0.3, -0.25) is 9.69 Å². The number of fused-ring (bicyclic) bond motifs is 1. The molecule has 0 aliphatic carbocycles. The molecule has 4 heterocycles. The molecule has 5 rings (SSSR count). The highest BCUT2D eigenvalue weighted by atomic mass is 32.1. The third kappa shape index (κ3) is 3.74. The summed E-state index contributed by atoms with van der Waals surface area (Å²) in [4.78, 5) is 30.0. The first-order valence-electron chi connectivity index (χ1n) is 9.43. The molecular weight excluding hydrogens is 386 g/mol. The van der Waals surface area contributed by atoms with Gasteiger partial charge in [-0.25, -0.2) is 19.6 Å². The number of benzene rings is 1. The summed E-state index contributed by atoms with van der Waals surface area (Å²) >= 11 is 1.74. The van der Waals surface area contributed by atoms with Gasteiger partial charge in [-0.1, -0.05) is 12.1 Å². The van der Waals surface area contributed by atoms with Crippen molar-refractivity contribution in [2.24, 2.45) is 0 Å². The topological polar surface area (TPSA) is 80.0 Å². The molecule has 0 radical (unpaired) electrons. The van der Waals surface area contributed by atoms with E-state index in [0.29, 0.717) is 24.5 Å². The van der Waals surface area contributed by atoms with E-state index in [9.17, 15) is 4.79 Å². The highest BCUT2D eigenvalue weighted by molar-refractivity contribution is 7.18. The lowest BCUT2D eigenvalue weighted by molar-refractivity contribution is 0.0628. The lowest BCUT2D eigenvalue weighted by Gasteiger charge is -2.34. The Morgan fingerprint density at radius 1 is 1.07 bits per heavy atom. The van der Waals surface area contributed by atoms with Crippen molar-refractivity contribution in [1.82, 2.24) is 34.5 Å². The Hall–Kier alpha value is -3.17. The van der Waals surface area contributed by atoms with Gasteiger partial charge in [0.2, 0.25) is 0 Å². The first kappa shape index (κ1) is 17.9. The summed E-state index contributed by atoms with van der Waals surface area (Å²) in [6, 6.07) is 11.8. The average molecular weight is 405 g/mol. The van der Waals surface area contributed by atoms with Crippen molar-refractivity contribution in [1.29, 1.82) is 0 Å². The summed E-state index contributed by atoms with van der Waals surface area (Å²) in [7, 11) is 0. The van der Waals surface area contributed by atoms with Crippen LogP contribution in [0.5, 0.6) is 0 Å². The summed E-state index contributed by atoms with van der Waals surface area (Å²) in [5, 5.41) is 5.17. The van der Waals surface area contributed by atoms with E-state index in [1.807, 2.05) is 23.1 Å². The van der Waals surface area contributed by atoms with Gasteiger partial charge in [-0.05, 0) is 24.3 Å². The SMILES string of the molecule is O=C(c1ccc(-n2cncn2)nc1)N1CCN(Cc2nc3ccccc3s2)CC1. The molecule has 1 fully saturated rings. The molecule has 0 N–H and O–H groups in total. The maximum absolute atomic E-state index is 12.8. The minimum Gasteiger partial charge on any atom is -0.336 e. The summed E-state index contributed by atoms with van der Waals surface area (Å²) in [6.07, 6.45) is 4.63. The maximum Gasteiger partial charge on any atom is 0.255 e. The molecule has 1 aliphatic heterocycles. The number of hydrogen-bond donors (Lipinski definition) is 0. The Morgan fingerprint density at radius 2 is 1.93 bits per heavy atom. The van der Waals surface area contributed by atoms with E-state index in [1.165, 1.54) is 11.0 Å². The molecule has 0 unspecified atom stereocenters. The van der Waals surface area contributed by atoms with E-state index in [2.05, 4.69) is 26.0 Å². The number of thiazole rings is 1. The second-order valence-corrected chi connectivity index (χ2v) is 8.00. The highest BCUT2D eigenvalue weighted by Gasteiger charge is 2.23. The van der Waals surface area contributed by atoms with Crippen LogP contribution < -0.4 is 0 Å². The van der Waals surface area contributed by atoms with Crippen LogP contribution in [0.3, 0.4) is 0 Å². The van der Waals surface area contributed by atoms with Crippen molar-refractivity contribution >= 4 is 27.5 Å². The van der Waals surface area contributed by atoms with Gasteiger partial charge in [-0.2, -0.15) is 5.10 Å². The van der Waals surface area contributed by atoms with E-state index >= 15 is 0 Å². The van der Waals surface area contributed by atoms with E-state index < -0.39 is 0 Å². The number of amides is 1. The molecule has 0 saturated carbocycles. The molecule has 1 saturated heterocycles. The van der Waals surface area contributed by atoms with Crippen LogP contribution >= 0.6 is 11.3 Å². The largest absolute Gasteiger partial charge is 0.336 e. The Bertz CT molecular complexity index is 1080. The van der Waals surface area contributed by atoms with Gasteiger partial charge in [0.05, 0.1) is 22.3 Å². The van der Waals surface area contributed by atoms with Crippen LogP contribution in [0.15, 0.2) is 55.2 Å². The number of carbonyl (C=O) groups excluding carboxylic acids is 1. The zero-order valence-electron chi connectivity index (χ0n) is 15.7. The molecule has 9 heteroatoms. The second-order valence-electron chi connectivity index (χ2n) is 6.89. The standard InChI is InChI=1S/C20H19N7OS/c28-20(15-5-6-18(22-11-15)27-14-21-13-23-27)26-9-7-25(8-10-26)12-19-24-16-3-1-2-4-17(16)29-19/h1-6,11,13-14H,7-10,12H2. The number of nitrogens with zero attached hydrogens (tertiary/aromatic N) is 7. The number of hydrogen-bond acceptors (Lipinski definition) is 7. The molecule has 4 aromatic rings. The van der Waals surface area contributed by atoms with Gasteiger partial charge >= 0.3 is 0 Å². The monoisotopic (exact) mass is 405 g/mol. The van der Waals surface area contributed by atoms with Crippen LogP contribution in [-0.4, -0.2) is 66.6 Å². The zero-order chi connectivity index (χ0) is 19.6. The number of aromatic nitrogens is 5. The summed E-state index contributed by atoms with van der Waals surface area (Å²) in [5.74, 6) is 0.655. The molecule has 1 aromatic carbocycles. The van der Waals surface area contributed by atoms with Crippen LogP contribution in [0.4, 0.5) is 0 Å². The van der Waals surface area contributed by atoms with Crippen molar-refractivity contribution in [3.8, 4) is 5.82 Å². The Balaban J connectivity index is 1.19. The lowest BCUT2D eigenvalue weighted by Crippen LogP contribution is -2.48. The number of rotatable bonds is 4. The summed E-state index contributed by atoms with van der Waals surface area (Å²) in [5.41, 5.74) is 1.65. The Morgan fingerprint density at radius 3 is 2.66 bits per heavy atom.